The first-order chi connectivity index (χ1) is 9.77. The van der Waals surface area contributed by atoms with Crippen LogP contribution in [0.25, 0.3) is 0 Å². The van der Waals surface area contributed by atoms with Gasteiger partial charge in [0.1, 0.15) is 23.3 Å². The summed E-state index contributed by atoms with van der Waals surface area (Å²) in [6, 6.07) is 0.576. The standard InChI is InChI=1S/C11H14F3N3O3S/c12-7-5-8(13)11(9(14)6-7)21(19,20)16-4-2-1-3-10(15)17-18/h5-6,16,18H,1-4H2,(H2,15,17). The van der Waals surface area contributed by atoms with Gasteiger partial charge in [-0.25, -0.2) is 26.3 Å². The molecule has 0 spiro atoms. The minimum absolute atomic E-state index is 0.00604. The number of halogens is 3. The van der Waals surface area contributed by atoms with Crippen LogP contribution >= 0.6 is 0 Å². The highest BCUT2D eigenvalue weighted by Crippen LogP contribution is 2.19. The maximum Gasteiger partial charge on any atom is 0.246 e. The molecule has 0 radical (unpaired) electrons. The molecule has 0 aromatic heterocycles. The summed E-state index contributed by atoms with van der Waals surface area (Å²) in [7, 11) is -4.42. The number of oxime groups is 1. The smallest absolute Gasteiger partial charge is 0.246 e. The van der Waals surface area contributed by atoms with Gasteiger partial charge in [0.25, 0.3) is 0 Å². The monoisotopic (exact) mass is 325 g/mol. The Labute approximate surface area is 119 Å². The van der Waals surface area contributed by atoms with E-state index in [0.717, 1.165) is 0 Å². The number of benzene rings is 1. The molecule has 0 bridgehead atoms. The zero-order valence-electron chi connectivity index (χ0n) is 10.8. The van der Waals surface area contributed by atoms with Crippen LogP contribution in [0.5, 0.6) is 0 Å². The van der Waals surface area contributed by atoms with E-state index >= 15 is 0 Å². The van der Waals surface area contributed by atoms with Gasteiger partial charge in [-0.2, -0.15) is 0 Å². The first kappa shape index (κ1) is 17.2. The largest absolute Gasteiger partial charge is 0.409 e. The Morgan fingerprint density at radius 1 is 1.24 bits per heavy atom. The first-order valence-electron chi connectivity index (χ1n) is 5.88. The molecule has 0 amide bonds. The number of sulfonamides is 1. The van der Waals surface area contributed by atoms with Gasteiger partial charge in [0, 0.05) is 25.1 Å². The number of rotatable bonds is 7. The third-order valence-corrected chi connectivity index (χ3v) is 4.02. The van der Waals surface area contributed by atoms with E-state index in [4.69, 9.17) is 10.9 Å². The normalized spacial score (nSPS) is 12.6. The van der Waals surface area contributed by atoms with E-state index in [9.17, 15) is 21.6 Å². The topological polar surface area (TPSA) is 105 Å². The molecule has 0 saturated carbocycles. The lowest BCUT2D eigenvalue weighted by Crippen LogP contribution is -2.27. The van der Waals surface area contributed by atoms with Gasteiger partial charge in [-0.1, -0.05) is 5.16 Å². The van der Waals surface area contributed by atoms with E-state index in [0.29, 0.717) is 12.8 Å². The molecule has 10 heteroatoms. The fourth-order valence-corrected chi connectivity index (χ4v) is 2.73. The lowest BCUT2D eigenvalue weighted by Gasteiger charge is -2.08. The molecule has 0 heterocycles. The fraction of sp³-hybridized carbons (Fsp3) is 0.364. The molecular formula is C11H14F3N3O3S. The van der Waals surface area contributed by atoms with Crippen LogP contribution in [0.1, 0.15) is 19.3 Å². The van der Waals surface area contributed by atoms with Crippen LogP contribution in [0.15, 0.2) is 22.2 Å². The molecule has 0 atom stereocenters. The van der Waals surface area contributed by atoms with Crippen LogP contribution in [0.4, 0.5) is 13.2 Å². The maximum atomic E-state index is 13.4. The Balaban J connectivity index is 2.67. The Bertz CT molecular complexity index is 612. The number of nitrogens with one attached hydrogen (secondary N) is 1. The fourth-order valence-electron chi connectivity index (χ4n) is 1.55. The van der Waals surface area contributed by atoms with Gasteiger partial charge < -0.3 is 10.9 Å². The van der Waals surface area contributed by atoms with E-state index in [2.05, 4.69) is 5.16 Å². The highest BCUT2D eigenvalue weighted by Gasteiger charge is 2.24. The van der Waals surface area contributed by atoms with Gasteiger partial charge in [-0.3, -0.25) is 0 Å². The third kappa shape index (κ3) is 4.90. The average molecular weight is 325 g/mol. The van der Waals surface area contributed by atoms with Crippen LogP contribution in [0, 0.1) is 17.5 Å². The van der Waals surface area contributed by atoms with Crippen molar-refractivity contribution in [2.45, 2.75) is 24.2 Å². The molecule has 0 aliphatic heterocycles. The minimum atomic E-state index is -4.42. The molecular weight excluding hydrogens is 311 g/mol. The van der Waals surface area contributed by atoms with Gasteiger partial charge in [0.05, 0.1) is 0 Å². The van der Waals surface area contributed by atoms with Crippen molar-refractivity contribution in [3.8, 4) is 0 Å². The summed E-state index contributed by atoms with van der Waals surface area (Å²) in [5.74, 6) is -4.22. The van der Waals surface area contributed by atoms with E-state index in [1.807, 2.05) is 4.72 Å². The predicted octanol–water partition coefficient (Wildman–Crippen LogP) is 1.30. The van der Waals surface area contributed by atoms with Crippen molar-refractivity contribution >= 4 is 15.9 Å². The quantitative estimate of drug-likeness (QED) is 0.231. The summed E-state index contributed by atoms with van der Waals surface area (Å²) in [5, 5.41) is 11.0. The zero-order chi connectivity index (χ0) is 16.0. The molecule has 0 unspecified atom stereocenters. The van der Waals surface area contributed by atoms with Crippen molar-refractivity contribution in [2.24, 2.45) is 10.9 Å². The number of nitrogens with two attached hydrogens (primary N) is 1. The molecule has 0 fully saturated rings. The van der Waals surface area contributed by atoms with Crippen LogP contribution < -0.4 is 10.5 Å². The van der Waals surface area contributed by atoms with Gasteiger partial charge >= 0.3 is 0 Å². The summed E-state index contributed by atoms with van der Waals surface area (Å²) in [6.07, 6.45) is 0.962. The summed E-state index contributed by atoms with van der Waals surface area (Å²) in [4.78, 5) is -1.22. The molecule has 1 aromatic rings. The van der Waals surface area contributed by atoms with Gasteiger partial charge in [-0.15, -0.1) is 0 Å². The van der Waals surface area contributed by atoms with Crippen molar-refractivity contribution in [1.82, 2.24) is 4.72 Å². The molecule has 6 nitrogen and oxygen atoms in total. The van der Waals surface area contributed by atoms with Crippen LogP contribution in [-0.2, 0) is 10.0 Å². The average Bonchev–Trinajstić information content (AvgIpc) is 2.36. The molecule has 1 rings (SSSR count). The van der Waals surface area contributed by atoms with E-state index < -0.39 is 32.4 Å². The van der Waals surface area contributed by atoms with Crippen molar-refractivity contribution in [1.29, 1.82) is 0 Å². The van der Waals surface area contributed by atoms with E-state index in [-0.39, 0.29) is 30.9 Å². The van der Waals surface area contributed by atoms with Crippen LogP contribution in [0.2, 0.25) is 0 Å². The molecule has 0 aliphatic carbocycles. The zero-order valence-corrected chi connectivity index (χ0v) is 11.6. The van der Waals surface area contributed by atoms with Gasteiger partial charge in [-0.05, 0) is 12.8 Å². The van der Waals surface area contributed by atoms with Crippen molar-refractivity contribution in [2.75, 3.05) is 6.54 Å². The third-order valence-electron chi connectivity index (χ3n) is 2.51. The Morgan fingerprint density at radius 2 is 1.81 bits per heavy atom. The second kappa shape index (κ2) is 7.27. The lowest BCUT2D eigenvalue weighted by molar-refractivity contribution is 0.316. The highest BCUT2D eigenvalue weighted by atomic mass is 32.2. The minimum Gasteiger partial charge on any atom is -0.409 e. The molecule has 118 valence electrons. The number of hydrogen-bond acceptors (Lipinski definition) is 4. The molecule has 0 aliphatic rings. The second-order valence-corrected chi connectivity index (χ2v) is 5.85. The van der Waals surface area contributed by atoms with Crippen molar-refractivity contribution in [3.63, 3.8) is 0 Å². The summed E-state index contributed by atoms with van der Waals surface area (Å²) in [6.45, 7) is -0.0999. The summed E-state index contributed by atoms with van der Waals surface area (Å²) in [5.41, 5.74) is 5.21. The molecule has 21 heavy (non-hydrogen) atoms. The molecule has 1 aromatic carbocycles. The van der Waals surface area contributed by atoms with Crippen LogP contribution in [-0.4, -0.2) is 26.0 Å². The SMILES string of the molecule is NC(CCCCNS(=O)(=O)c1c(F)cc(F)cc1F)=NO. The molecule has 0 saturated heterocycles. The molecule has 4 N–H and O–H groups in total. The number of hydrogen-bond donors (Lipinski definition) is 3. The predicted molar refractivity (Wildman–Crippen MR) is 68.8 cm³/mol. The maximum absolute atomic E-state index is 13.4. The summed E-state index contributed by atoms with van der Waals surface area (Å²) >= 11 is 0. The Morgan fingerprint density at radius 3 is 2.33 bits per heavy atom. The highest BCUT2D eigenvalue weighted by molar-refractivity contribution is 7.89. The Hall–Kier alpha value is -1.81. The summed E-state index contributed by atoms with van der Waals surface area (Å²) < 4.78 is 64.9. The Kier molecular flexibility index (Phi) is 5.97. The van der Waals surface area contributed by atoms with Crippen molar-refractivity contribution in [3.05, 3.63) is 29.6 Å². The van der Waals surface area contributed by atoms with E-state index in [1.165, 1.54) is 0 Å². The first-order valence-corrected chi connectivity index (χ1v) is 7.37. The number of nitrogens with zero attached hydrogens (tertiary/aromatic N) is 1. The van der Waals surface area contributed by atoms with Crippen molar-refractivity contribution < 1.29 is 26.8 Å². The van der Waals surface area contributed by atoms with Gasteiger partial charge in [0.15, 0.2) is 4.90 Å². The van der Waals surface area contributed by atoms with E-state index in [1.54, 1.807) is 0 Å². The van der Waals surface area contributed by atoms with Gasteiger partial charge in [0.2, 0.25) is 10.0 Å². The second-order valence-electron chi connectivity index (χ2n) is 4.14. The number of unbranched alkanes of at least 4 members (excludes halogenated alkanes) is 1. The lowest BCUT2D eigenvalue weighted by atomic mass is 10.2. The van der Waals surface area contributed by atoms with Crippen LogP contribution in [0.3, 0.4) is 0 Å². The number of amidine groups is 1.